The molecule has 23 heavy (non-hydrogen) atoms. The Labute approximate surface area is 142 Å². The fraction of sp³-hybridized carbons (Fsp3) is 0.412. The number of benzene rings is 1. The van der Waals surface area contributed by atoms with Crippen molar-refractivity contribution in [2.45, 2.75) is 20.3 Å². The molecular formula is C17H19BrN2O3. The highest BCUT2D eigenvalue weighted by Gasteiger charge is 2.48. The Morgan fingerprint density at radius 1 is 1.35 bits per heavy atom. The molecule has 1 aromatic heterocycles. The molecule has 1 aliphatic rings. The molecule has 0 bridgehead atoms. The van der Waals surface area contributed by atoms with Crippen LogP contribution in [0.15, 0.2) is 28.7 Å². The van der Waals surface area contributed by atoms with Crippen LogP contribution in [0, 0.1) is 11.3 Å². The maximum Gasteiger partial charge on any atom is 0.311 e. The Balaban J connectivity index is 1.87. The molecule has 1 fully saturated rings. The molecule has 2 heterocycles. The molecule has 0 saturated carbocycles. The lowest BCUT2D eigenvalue weighted by atomic mass is 9.76. The number of nitrogens with one attached hydrogen (secondary N) is 1. The van der Waals surface area contributed by atoms with Gasteiger partial charge in [0.1, 0.15) is 5.69 Å². The molecule has 3 rings (SSSR count). The Hall–Kier alpha value is -1.82. The summed E-state index contributed by atoms with van der Waals surface area (Å²) in [6.45, 7) is 4.55. The number of amides is 1. The van der Waals surface area contributed by atoms with E-state index in [9.17, 15) is 14.7 Å². The van der Waals surface area contributed by atoms with E-state index in [-0.39, 0.29) is 18.4 Å². The summed E-state index contributed by atoms with van der Waals surface area (Å²) in [4.78, 5) is 29.2. The molecule has 0 radical (unpaired) electrons. The van der Waals surface area contributed by atoms with E-state index in [1.54, 1.807) is 4.90 Å². The summed E-state index contributed by atoms with van der Waals surface area (Å²) in [7, 11) is 0. The Kier molecular flexibility index (Phi) is 3.96. The number of likely N-dealkylation sites (tertiary alicyclic amines) is 1. The molecule has 1 atom stereocenters. The number of aromatic amines is 1. The second-order valence-electron chi connectivity index (χ2n) is 6.51. The van der Waals surface area contributed by atoms with E-state index in [1.165, 1.54) is 0 Å². The van der Waals surface area contributed by atoms with Crippen LogP contribution in [-0.4, -0.2) is 40.0 Å². The summed E-state index contributed by atoms with van der Waals surface area (Å²) in [6.07, 6.45) is 0.498. The van der Waals surface area contributed by atoms with Gasteiger partial charge in [0.2, 0.25) is 0 Å². The summed E-state index contributed by atoms with van der Waals surface area (Å²) >= 11 is 3.42. The van der Waals surface area contributed by atoms with Gasteiger partial charge in [-0.05, 0) is 36.6 Å². The average Bonchev–Trinajstić information content (AvgIpc) is 3.10. The van der Waals surface area contributed by atoms with Gasteiger partial charge in [0.15, 0.2) is 0 Å². The molecule has 2 aromatic rings. The van der Waals surface area contributed by atoms with Crippen molar-refractivity contribution in [3.63, 3.8) is 0 Å². The number of carboxylic acids is 1. The van der Waals surface area contributed by atoms with E-state index in [1.807, 2.05) is 38.1 Å². The topological polar surface area (TPSA) is 73.4 Å². The van der Waals surface area contributed by atoms with Crippen molar-refractivity contribution < 1.29 is 14.7 Å². The minimum absolute atomic E-state index is 0.0172. The van der Waals surface area contributed by atoms with Gasteiger partial charge < -0.3 is 15.0 Å². The summed E-state index contributed by atoms with van der Waals surface area (Å²) in [5, 5.41) is 10.6. The normalized spacial score (nSPS) is 21.3. The first kappa shape index (κ1) is 16.1. The van der Waals surface area contributed by atoms with Gasteiger partial charge in [-0.2, -0.15) is 0 Å². The van der Waals surface area contributed by atoms with Crippen LogP contribution in [0.2, 0.25) is 0 Å². The largest absolute Gasteiger partial charge is 0.481 e. The number of H-pyrrole nitrogens is 1. The van der Waals surface area contributed by atoms with Crippen LogP contribution in [0.3, 0.4) is 0 Å². The first-order valence-electron chi connectivity index (χ1n) is 7.64. The lowest BCUT2D eigenvalue weighted by Gasteiger charge is -2.28. The number of nitrogens with zero attached hydrogens (tertiary/aromatic N) is 1. The van der Waals surface area contributed by atoms with Crippen LogP contribution in [0.4, 0.5) is 0 Å². The number of aromatic nitrogens is 1. The SMILES string of the molecule is CC(C)C1(C(=O)O)CCN(C(=O)c2cc3cc(Br)ccc3[nH]2)C1. The van der Waals surface area contributed by atoms with Gasteiger partial charge in [-0.25, -0.2) is 0 Å². The van der Waals surface area contributed by atoms with Crippen LogP contribution in [0.1, 0.15) is 30.8 Å². The van der Waals surface area contributed by atoms with Crippen molar-refractivity contribution in [1.29, 1.82) is 0 Å². The first-order chi connectivity index (χ1) is 10.8. The highest BCUT2D eigenvalue weighted by Crippen LogP contribution is 2.38. The van der Waals surface area contributed by atoms with E-state index in [0.29, 0.717) is 18.7 Å². The molecule has 6 heteroatoms. The van der Waals surface area contributed by atoms with E-state index in [0.717, 1.165) is 15.4 Å². The molecule has 122 valence electrons. The standard InChI is InChI=1S/C17H19BrN2O3/c1-10(2)17(16(22)23)5-6-20(9-17)15(21)14-8-11-7-12(18)3-4-13(11)19-14/h3-4,7-8,10,19H,5-6,9H2,1-2H3,(H,22,23). The Morgan fingerprint density at radius 3 is 2.70 bits per heavy atom. The monoisotopic (exact) mass is 378 g/mol. The van der Waals surface area contributed by atoms with Crippen molar-refractivity contribution >= 4 is 38.7 Å². The Morgan fingerprint density at radius 2 is 2.09 bits per heavy atom. The molecule has 1 unspecified atom stereocenters. The maximum absolute atomic E-state index is 12.7. The quantitative estimate of drug-likeness (QED) is 0.857. The summed E-state index contributed by atoms with van der Waals surface area (Å²) < 4.78 is 0.953. The predicted molar refractivity (Wildman–Crippen MR) is 91.4 cm³/mol. The number of aliphatic carboxylic acids is 1. The van der Waals surface area contributed by atoms with E-state index < -0.39 is 11.4 Å². The maximum atomic E-state index is 12.7. The van der Waals surface area contributed by atoms with Crippen molar-refractivity contribution in [1.82, 2.24) is 9.88 Å². The minimum atomic E-state index is -0.843. The van der Waals surface area contributed by atoms with Gasteiger partial charge in [0.05, 0.1) is 5.41 Å². The van der Waals surface area contributed by atoms with Crippen molar-refractivity contribution in [2.75, 3.05) is 13.1 Å². The van der Waals surface area contributed by atoms with Crippen molar-refractivity contribution in [3.8, 4) is 0 Å². The minimum Gasteiger partial charge on any atom is -0.481 e. The molecule has 1 aliphatic heterocycles. The fourth-order valence-corrected chi connectivity index (χ4v) is 3.67. The highest BCUT2D eigenvalue weighted by molar-refractivity contribution is 9.10. The number of rotatable bonds is 3. The molecular weight excluding hydrogens is 360 g/mol. The number of carboxylic acid groups (broad SMARTS) is 1. The zero-order chi connectivity index (χ0) is 16.8. The Bertz CT molecular complexity index is 783. The fourth-order valence-electron chi connectivity index (χ4n) is 3.29. The van der Waals surface area contributed by atoms with Gasteiger partial charge in [-0.15, -0.1) is 0 Å². The smallest absolute Gasteiger partial charge is 0.311 e. The molecule has 1 saturated heterocycles. The lowest BCUT2D eigenvalue weighted by molar-refractivity contribution is -0.150. The highest BCUT2D eigenvalue weighted by atomic mass is 79.9. The third-order valence-corrected chi connectivity index (χ3v) is 5.43. The van der Waals surface area contributed by atoms with Crippen LogP contribution in [0.25, 0.3) is 10.9 Å². The van der Waals surface area contributed by atoms with Crippen molar-refractivity contribution in [3.05, 3.63) is 34.4 Å². The predicted octanol–water partition coefficient (Wildman–Crippen LogP) is 3.50. The molecule has 2 N–H and O–H groups in total. The molecule has 5 nitrogen and oxygen atoms in total. The van der Waals surface area contributed by atoms with Gasteiger partial charge in [-0.1, -0.05) is 29.8 Å². The number of halogens is 1. The van der Waals surface area contributed by atoms with Crippen LogP contribution in [0.5, 0.6) is 0 Å². The molecule has 0 spiro atoms. The average molecular weight is 379 g/mol. The second kappa shape index (κ2) is 5.67. The number of hydrogen-bond donors (Lipinski definition) is 2. The zero-order valence-electron chi connectivity index (χ0n) is 13.1. The van der Waals surface area contributed by atoms with Crippen LogP contribution >= 0.6 is 15.9 Å². The van der Waals surface area contributed by atoms with Gasteiger partial charge in [0.25, 0.3) is 5.91 Å². The van der Waals surface area contributed by atoms with Crippen LogP contribution < -0.4 is 0 Å². The number of carbonyl (C=O) groups excluding carboxylic acids is 1. The number of hydrogen-bond acceptors (Lipinski definition) is 2. The van der Waals surface area contributed by atoms with Crippen molar-refractivity contribution in [2.24, 2.45) is 11.3 Å². The number of fused-ring (bicyclic) bond motifs is 1. The first-order valence-corrected chi connectivity index (χ1v) is 8.44. The zero-order valence-corrected chi connectivity index (χ0v) is 14.7. The van der Waals surface area contributed by atoms with E-state index in [2.05, 4.69) is 20.9 Å². The lowest BCUT2D eigenvalue weighted by Crippen LogP contribution is -2.40. The third-order valence-electron chi connectivity index (χ3n) is 4.93. The second-order valence-corrected chi connectivity index (χ2v) is 7.42. The van der Waals surface area contributed by atoms with E-state index >= 15 is 0 Å². The summed E-state index contributed by atoms with van der Waals surface area (Å²) in [6, 6.07) is 7.59. The molecule has 1 amide bonds. The van der Waals surface area contributed by atoms with Gasteiger partial charge in [-0.3, -0.25) is 9.59 Å². The van der Waals surface area contributed by atoms with Gasteiger partial charge >= 0.3 is 5.97 Å². The molecule has 0 aliphatic carbocycles. The molecule has 1 aromatic carbocycles. The van der Waals surface area contributed by atoms with Gasteiger partial charge in [0, 0.05) is 28.5 Å². The summed E-state index contributed by atoms with van der Waals surface area (Å²) in [5.41, 5.74) is 0.553. The van der Waals surface area contributed by atoms with E-state index in [4.69, 9.17) is 0 Å². The summed E-state index contributed by atoms with van der Waals surface area (Å²) in [5.74, 6) is -0.971. The van der Waals surface area contributed by atoms with Crippen LogP contribution in [-0.2, 0) is 4.79 Å². The number of carbonyl (C=O) groups is 2. The third kappa shape index (κ3) is 2.65.